The van der Waals surface area contributed by atoms with Crippen molar-refractivity contribution in [1.29, 1.82) is 5.26 Å². The summed E-state index contributed by atoms with van der Waals surface area (Å²) in [5, 5.41) is 9.75. The van der Waals surface area contributed by atoms with Crippen LogP contribution in [0.15, 0.2) is 33.4 Å². The molecule has 0 aliphatic heterocycles. The van der Waals surface area contributed by atoms with Crippen molar-refractivity contribution >= 4 is 32.8 Å². The summed E-state index contributed by atoms with van der Waals surface area (Å²) in [4.78, 5) is 21.4. The predicted molar refractivity (Wildman–Crippen MR) is 87.8 cm³/mol. The Kier molecular flexibility index (Phi) is 3.92. The van der Waals surface area contributed by atoms with Gasteiger partial charge in [0.2, 0.25) is 5.76 Å². The second kappa shape index (κ2) is 5.89. The van der Waals surface area contributed by atoms with Gasteiger partial charge in [0, 0.05) is 40.9 Å². The molecule has 3 rings (SSSR count). The highest BCUT2D eigenvalue weighted by Crippen LogP contribution is 2.33. The number of amides is 1. The number of halogens is 1. The first-order valence-electron chi connectivity index (χ1n) is 6.87. The summed E-state index contributed by atoms with van der Waals surface area (Å²) in [5.41, 5.74) is 1.84. The van der Waals surface area contributed by atoms with E-state index >= 15 is 0 Å². The van der Waals surface area contributed by atoms with Crippen molar-refractivity contribution in [2.45, 2.75) is 13.5 Å². The molecule has 23 heavy (non-hydrogen) atoms. The lowest BCUT2D eigenvalue weighted by Crippen LogP contribution is -2.27. The standard InChI is InChI=1S/C16H13BrN4O2/c1-9-11(16(22)21(2)8-14-19-3-4-20-14)6-13-12(15(9)17)5-10(7-18)23-13/h3-6H,8H2,1-2H3,(H,19,20). The Balaban J connectivity index is 2.00. The largest absolute Gasteiger partial charge is 0.446 e. The van der Waals surface area contributed by atoms with Crippen molar-refractivity contribution in [3.63, 3.8) is 0 Å². The molecule has 0 unspecified atom stereocenters. The van der Waals surface area contributed by atoms with Gasteiger partial charge in [-0.15, -0.1) is 0 Å². The van der Waals surface area contributed by atoms with Crippen LogP contribution >= 0.6 is 15.9 Å². The number of furan rings is 1. The van der Waals surface area contributed by atoms with E-state index in [-0.39, 0.29) is 11.7 Å². The van der Waals surface area contributed by atoms with Crippen LogP contribution in [-0.2, 0) is 6.54 Å². The molecule has 0 radical (unpaired) electrons. The molecule has 0 aliphatic carbocycles. The average molecular weight is 373 g/mol. The molecule has 0 spiro atoms. The van der Waals surface area contributed by atoms with Gasteiger partial charge in [0.1, 0.15) is 17.5 Å². The minimum absolute atomic E-state index is 0.142. The normalized spacial score (nSPS) is 10.7. The van der Waals surface area contributed by atoms with Gasteiger partial charge in [-0.1, -0.05) is 0 Å². The lowest BCUT2D eigenvalue weighted by Gasteiger charge is -2.17. The van der Waals surface area contributed by atoms with Gasteiger partial charge in [0.25, 0.3) is 5.91 Å². The number of hydrogen-bond acceptors (Lipinski definition) is 4. The van der Waals surface area contributed by atoms with E-state index in [1.807, 2.05) is 13.0 Å². The molecule has 0 saturated carbocycles. The molecular weight excluding hydrogens is 360 g/mol. The highest BCUT2D eigenvalue weighted by molar-refractivity contribution is 9.10. The van der Waals surface area contributed by atoms with Crippen LogP contribution in [0.4, 0.5) is 0 Å². The van der Waals surface area contributed by atoms with Crippen molar-refractivity contribution in [3.05, 3.63) is 51.7 Å². The molecule has 3 aromatic rings. The van der Waals surface area contributed by atoms with Gasteiger partial charge >= 0.3 is 0 Å². The van der Waals surface area contributed by atoms with Gasteiger partial charge in [0.05, 0.1) is 6.54 Å². The van der Waals surface area contributed by atoms with E-state index in [9.17, 15) is 4.79 Å². The maximum atomic E-state index is 12.7. The molecule has 116 valence electrons. The first-order chi connectivity index (χ1) is 11.0. The van der Waals surface area contributed by atoms with E-state index in [0.717, 1.165) is 15.4 Å². The second-order valence-electron chi connectivity index (χ2n) is 5.19. The Bertz CT molecular complexity index is 922. The summed E-state index contributed by atoms with van der Waals surface area (Å²) in [6.07, 6.45) is 3.36. The fraction of sp³-hybridized carbons (Fsp3) is 0.188. The highest BCUT2D eigenvalue weighted by Gasteiger charge is 2.20. The number of carbonyl (C=O) groups is 1. The Hall–Kier alpha value is -2.59. The van der Waals surface area contributed by atoms with Crippen LogP contribution in [0.2, 0.25) is 0 Å². The fourth-order valence-electron chi connectivity index (χ4n) is 2.41. The molecule has 0 saturated heterocycles. The van der Waals surface area contributed by atoms with Crippen molar-refractivity contribution in [3.8, 4) is 6.07 Å². The SMILES string of the molecule is Cc1c(C(=O)N(C)Cc2ncc[nH]2)cc2oc(C#N)cc2c1Br. The van der Waals surface area contributed by atoms with Gasteiger partial charge in [-0.3, -0.25) is 4.79 Å². The van der Waals surface area contributed by atoms with E-state index in [0.29, 0.717) is 23.5 Å². The lowest BCUT2D eigenvalue weighted by molar-refractivity contribution is 0.0781. The molecular formula is C16H13BrN4O2. The molecule has 7 heteroatoms. The maximum Gasteiger partial charge on any atom is 0.254 e. The zero-order valence-electron chi connectivity index (χ0n) is 12.6. The van der Waals surface area contributed by atoms with Crippen molar-refractivity contribution in [2.75, 3.05) is 7.05 Å². The molecule has 2 heterocycles. The molecule has 0 atom stereocenters. The molecule has 1 N–H and O–H groups in total. The van der Waals surface area contributed by atoms with Crippen molar-refractivity contribution < 1.29 is 9.21 Å². The van der Waals surface area contributed by atoms with E-state index in [2.05, 4.69) is 25.9 Å². The molecule has 0 fully saturated rings. The fourth-order valence-corrected chi connectivity index (χ4v) is 2.93. The highest BCUT2D eigenvalue weighted by atomic mass is 79.9. The van der Waals surface area contributed by atoms with Crippen molar-refractivity contribution in [2.24, 2.45) is 0 Å². The summed E-state index contributed by atoms with van der Waals surface area (Å²) in [7, 11) is 1.71. The van der Waals surface area contributed by atoms with Crippen LogP contribution in [0, 0.1) is 18.3 Å². The zero-order valence-corrected chi connectivity index (χ0v) is 14.1. The number of hydrogen-bond donors (Lipinski definition) is 1. The van der Waals surface area contributed by atoms with Crippen molar-refractivity contribution in [1.82, 2.24) is 14.9 Å². The third-order valence-corrected chi connectivity index (χ3v) is 4.66. The minimum atomic E-state index is -0.142. The Morgan fingerprint density at radius 2 is 2.30 bits per heavy atom. The zero-order chi connectivity index (χ0) is 16.6. The lowest BCUT2D eigenvalue weighted by atomic mass is 10.1. The Labute approximate surface area is 140 Å². The molecule has 1 amide bonds. The number of fused-ring (bicyclic) bond motifs is 1. The second-order valence-corrected chi connectivity index (χ2v) is 5.99. The number of H-pyrrole nitrogens is 1. The van der Waals surface area contributed by atoms with E-state index < -0.39 is 0 Å². The van der Waals surface area contributed by atoms with E-state index in [1.54, 1.807) is 36.5 Å². The number of aromatic nitrogens is 2. The molecule has 6 nitrogen and oxygen atoms in total. The van der Waals surface area contributed by atoms with Gasteiger partial charge < -0.3 is 14.3 Å². The van der Waals surface area contributed by atoms with Crippen LogP contribution in [0.1, 0.15) is 27.5 Å². The summed E-state index contributed by atoms with van der Waals surface area (Å²) >= 11 is 3.49. The summed E-state index contributed by atoms with van der Waals surface area (Å²) in [6, 6.07) is 5.31. The first-order valence-corrected chi connectivity index (χ1v) is 7.67. The Morgan fingerprint density at radius 3 is 2.96 bits per heavy atom. The number of rotatable bonds is 3. The van der Waals surface area contributed by atoms with Crippen LogP contribution in [0.25, 0.3) is 11.0 Å². The molecule has 0 bridgehead atoms. The number of nitrogens with one attached hydrogen (secondary N) is 1. The van der Waals surface area contributed by atoms with E-state index in [4.69, 9.17) is 9.68 Å². The third-order valence-electron chi connectivity index (χ3n) is 3.64. The Morgan fingerprint density at radius 1 is 1.52 bits per heavy atom. The molecule has 2 aromatic heterocycles. The molecule has 1 aromatic carbocycles. The predicted octanol–water partition coefficient (Wildman–Crippen LogP) is 3.37. The number of nitrogens with zero attached hydrogens (tertiary/aromatic N) is 3. The van der Waals surface area contributed by atoms with Crippen LogP contribution in [0.3, 0.4) is 0 Å². The smallest absolute Gasteiger partial charge is 0.254 e. The number of imidazole rings is 1. The van der Waals surface area contributed by atoms with Gasteiger partial charge in [0.15, 0.2) is 0 Å². The monoisotopic (exact) mass is 372 g/mol. The summed E-state index contributed by atoms with van der Waals surface area (Å²) in [6.45, 7) is 2.24. The van der Waals surface area contributed by atoms with Crippen LogP contribution in [0.5, 0.6) is 0 Å². The first kappa shape index (κ1) is 15.3. The number of nitriles is 1. The van der Waals surface area contributed by atoms with Crippen LogP contribution in [-0.4, -0.2) is 27.8 Å². The number of benzene rings is 1. The average Bonchev–Trinajstić information content (AvgIpc) is 3.19. The van der Waals surface area contributed by atoms with Crippen LogP contribution < -0.4 is 0 Å². The summed E-state index contributed by atoms with van der Waals surface area (Å²) < 4.78 is 6.21. The summed E-state index contributed by atoms with van der Waals surface area (Å²) in [5.74, 6) is 0.786. The third kappa shape index (κ3) is 2.73. The minimum Gasteiger partial charge on any atom is -0.446 e. The number of carbonyl (C=O) groups excluding carboxylic acids is 1. The van der Waals surface area contributed by atoms with Gasteiger partial charge in [-0.05, 0) is 34.5 Å². The number of aromatic amines is 1. The molecule has 0 aliphatic rings. The maximum absolute atomic E-state index is 12.7. The topological polar surface area (TPSA) is 85.9 Å². The van der Waals surface area contributed by atoms with Gasteiger partial charge in [-0.2, -0.15) is 5.26 Å². The van der Waals surface area contributed by atoms with Gasteiger partial charge in [-0.25, -0.2) is 4.98 Å². The van der Waals surface area contributed by atoms with E-state index in [1.165, 1.54) is 0 Å². The quantitative estimate of drug-likeness (QED) is 0.763.